The number of carbonyl (C=O) groups is 1. The summed E-state index contributed by atoms with van der Waals surface area (Å²) in [5.74, 6) is 0. The molecule has 0 aromatic carbocycles. The van der Waals surface area contributed by atoms with E-state index in [1.807, 2.05) is 6.92 Å². The van der Waals surface area contributed by atoms with Crippen molar-refractivity contribution < 1.29 is 9.90 Å². The average Bonchev–Trinajstić information content (AvgIpc) is 2.74. The van der Waals surface area contributed by atoms with Crippen molar-refractivity contribution in [2.24, 2.45) is 0 Å². The van der Waals surface area contributed by atoms with E-state index in [2.05, 4.69) is 31.0 Å². The molecule has 1 aromatic heterocycles. The predicted molar refractivity (Wildman–Crippen MR) is 79.6 cm³/mol. The van der Waals surface area contributed by atoms with Gasteiger partial charge in [-0.15, -0.1) is 17.9 Å². The van der Waals surface area contributed by atoms with Crippen molar-refractivity contribution in [1.82, 2.24) is 10.2 Å². The summed E-state index contributed by atoms with van der Waals surface area (Å²) in [7, 11) is 0. The van der Waals surface area contributed by atoms with Crippen molar-refractivity contribution in [2.75, 3.05) is 19.7 Å². The van der Waals surface area contributed by atoms with Crippen LogP contribution < -0.4 is 5.32 Å². The van der Waals surface area contributed by atoms with Gasteiger partial charge in [0, 0.05) is 35.3 Å². The Balaban J connectivity index is 2.47. The molecule has 4 nitrogen and oxygen atoms in total. The Bertz CT molecular complexity index is 417. The highest BCUT2D eigenvalue weighted by Gasteiger charge is 2.14. The van der Waals surface area contributed by atoms with Crippen molar-refractivity contribution >= 4 is 17.4 Å². The second-order valence-electron chi connectivity index (χ2n) is 4.53. The largest absolute Gasteiger partial charge is 0.395 e. The molecule has 0 saturated heterocycles. The molecule has 0 aliphatic heterocycles. The SMILES string of the molecule is C=CCN(CCO)C(=O)NC(C)Cc1ccc(C)s1. The van der Waals surface area contributed by atoms with Crippen LogP contribution in [-0.4, -0.2) is 41.8 Å². The molecule has 5 heteroatoms. The number of aryl methyl sites for hydroxylation is 1. The van der Waals surface area contributed by atoms with Gasteiger partial charge in [-0.25, -0.2) is 4.79 Å². The second kappa shape index (κ2) is 7.96. The number of aliphatic hydroxyl groups is 1. The fourth-order valence-corrected chi connectivity index (χ4v) is 2.82. The van der Waals surface area contributed by atoms with Gasteiger partial charge in [0.2, 0.25) is 0 Å². The van der Waals surface area contributed by atoms with Crippen LogP contribution in [0.4, 0.5) is 4.79 Å². The van der Waals surface area contributed by atoms with Crippen molar-refractivity contribution in [2.45, 2.75) is 26.3 Å². The summed E-state index contributed by atoms with van der Waals surface area (Å²) < 4.78 is 0. The molecular weight excluding hydrogens is 260 g/mol. The van der Waals surface area contributed by atoms with Gasteiger partial charge in [-0.2, -0.15) is 0 Å². The van der Waals surface area contributed by atoms with Gasteiger partial charge in [0.05, 0.1) is 6.61 Å². The highest BCUT2D eigenvalue weighted by molar-refractivity contribution is 7.11. The third-order valence-corrected chi connectivity index (χ3v) is 3.70. The number of nitrogens with one attached hydrogen (secondary N) is 1. The van der Waals surface area contributed by atoms with E-state index in [1.54, 1.807) is 22.3 Å². The summed E-state index contributed by atoms with van der Waals surface area (Å²) >= 11 is 1.75. The van der Waals surface area contributed by atoms with Crippen molar-refractivity contribution in [1.29, 1.82) is 0 Å². The maximum Gasteiger partial charge on any atom is 0.317 e. The molecule has 1 atom stereocenters. The van der Waals surface area contributed by atoms with Crippen molar-refractivity contribution in [3.8, 4) is 0 Å². The van der Waals surface area contributed by atoms with Crippen LogP contribution in [0.1, 0.15) is 16.7 Å². The minimum absolute atomic E-state index is 0.0419. The van der Waals surface area contributed by atoms with E-state index in [4.69, 9.17) is 5.11 Å². The van der Waals surface area contributed by atoms with Gasteiger partial charge in [0.1, 0.15) is 0 Å². The van der Waals surface area contributed by atoms with Gasteiger partial charge >= 0.3 is 6.03 Å². The van der Waals surface area contributed by atoms with Gasteiger partial charge < -0.3 is 15.3 Å². The molecule has 19 heavy (non-hydrogen) atoms. The first-order chi connectivity index (χ1) is 9.06. The third-order valence-electron chi connectivity index (χ3n) is 2.68. The van der Waals surface area contributed by atoms with Crippen LogP contribution in [0.25, 0.3) is 0 Å². The van der Waals surface area contributed by atoms with Gasteiger partial charge in [-0.05, 0) is 26.0 Å². The molecular formula is C14H22N2O2S. The fourth-order valence-electron chi connectivity index (χ4n) is 1.80. The van der Waals surface area contributed by atoms with E-state index in [9.17, 15) is 4.79 Å². The van der Waals surface area contributed by atoms with Crippen LogP contribution in [-0.2, 0) is 6.42 Å². The summed E-state index contributed by atoms with van der Waals surface area (Å²) in [5.41, 5.74) is 0. The number of hydrogen-bond acceptors (Lipinski definition) is 3. The molecule has 0 fully saturated rings. The van der Waals surface area contributed by atoms with Gasteiger partial charge in [-0.3, -0.25) is 0 Å². The number of urea groups is 1. The first kappa shape index (κ1) is 15.7. The Kier molecular flexibility index (Phi) is 6.59. The lowest BCUT2D eigenvalue weighted by atomic mass is 10.2. The molecule has 0 aliphatic rings. The molecule has 0 radical (unpaired) electrons. The van der Waals surface area contributed by atoms with E-state index in [0.717, 1.165) is 6.42 Å². The molecule has 1 heterocycles. The zero-order chi connectivity index (χ0) is 14.3. The third kappa shape index (κ3) is 5.44. The lowest BCUT2D eigenvalue weighted by Crippen LogP contribution is -2.45. The zero-order valence-electron chi connectivity index (χ0n) is 11.6. The van der Waals surface area contributed by atoms with Crippen LogP contribution in [0.2, 0.25) is 0 Å². The molecule has 2 amide bonds. The maximum absolute atomic E-state index is 12.0. The summed E-state index contributed by atoms with van der Waals surface area (Å²) in [6.07, 6.45) is 2.48. The van der Waals surface area contributed by atoms with Crippen LogP contribution >= 0.6 is 11.3 Å². The molecule has 2 N–H and O–H groups in total. The summed E-state index contributed by atoms with van der Waals surface area (Å²) in [6.45, 7) is 8.39. The summed E-state index contributed by atoms with van der Waals surface area (Å²) in [5, 5.41) is 11.9. The predicted octanol–water partition coefficient (Wildman–Crippen LogP) is 2.18. The van der Waals surface area contributed by atoms with Gasteiger partial charge in [0.15, 0.2) is 0 Å². The highest BCUT2D eigenvalue weighted by atomic mass is 32.1. The number of nitrogens with zero attached hydrogens (tertiary/aromatic N) is 1. The molecule has 1 unspecified atom stereocenters. The topological polar surface area (TPSA) is 52.6 Å². The van der Waals surface area contributed by atoms with Gasteiger partial charge in [-0.1, -0.05) is 6.08 Å². The number of hydrogen-bond donors (Lipinski definition) is 2. The van der Waals surface area contributed by atoms with E-state index in [0.29, 0.717) is 13.1 Å². The van der Waals surface area contributed by atoms with E-state index in [-0.39, 0.29) is 18.7 Å². The Morgan fingerprint density at radius 2 is 2.37 bits per heavy atom. The molecule has 0 saturated carbocycles. The lowest BCUT2D eigenvalue weighted by molar-refractivity contribution is 0.181. The number of thiophene rings is 1. The van der Waals surface area contributed by atoms with E-state index >= 15 is 0 Å². The molecule has 1 aromatic rings. The number of rotatable bonds is 7. The second-order valence-corrected chi connectivity index (χ2v) is 5.90. The first-order valence-electron chi connectivity index (χ1n) is 6.39. The summed E-state index contributed by atoms with van der Waals surface area (Å²) in [4.78, 5) is 16.1. The number of amides is 2. The Morgan fingerprint density at radius 3 is 2.89 bits per heavy atom. The average molecular weight is 282 g/mol. The van der Waals surface area contributed by atoms with Crippen LogP contribution in [0.15, 0.2) is 24.8 Å². The number of aliphatic hydroxyl groups excluding tert-OH is 1. The fraction of sp³-hybridized carbons (Fsp3) is 0.500. The standard InChI is InChI=1S/C14H22N2O2S/c1-4-7-16(8-9-17)14(18)15-11(2)10-13-6-5-12(3)19-13/h4-6,11,17H,1,7-10H2,2-3H3,(H,15,18). The minimum atomic E-state index is -0.158. The van der Waals surface area contributed by atoms with Crippen molar-refractivity contribution in [3.05, 3.63) is 34.5 Å². The lowest BCUT2D eigenvalue weighted by Gasteiger charge is -2.23. The number of carbonyl (C=O) groups excluding carboxylic acids is 1. The van der Waals surface area contributed by atoms with Crippen LogP contribution in [0.5, 0.6) is 0 Å². The quantitative estimate of drug-likeness (QED) is 0.753. The Morgan fingerprint density at radius 1 is 1.63 bits per heavy atom. The normalized spacial score (nSPS) is 11.9. The van der Waals surface area contributed by atoms with Gasteiger partial charge in [0.25, 0.3) is 0 Å². The Hall–Kier alpha value is -1.33. The molecule has 0 spiro atoms. The molecule has 1 rings (SSSR count). The molecule has 0 bridgehead atoms. The van der Waals surface area contributed by atoms with Crippen molar-refractivity contribution in [3.63, 3.8) is 0 Å². The first-order valence-corrected chi connectivity index (χ1v) is 7.21. The molecule has 0 aliphatic carbocycles. The van der Waals surface area contributed by atoms with E-state index in [1.165, 1.54) is 9.75 Å². The smallest absolute Gasteiger partial charge is 0.317 e. The monoisotopic (exact) mass is 282 g/mol. The Labute approximate surface area is 118 Å². The minimum Gasteiger partial charge on any atom is -0.395 e. The van der Waals surface area contributed by atoms with Crippen LogP contribution in [0, 0.1) is 6.92 Å². The zero-order valence-corrected chi connectivity index (χ0v) is 12.4. The molecule has 106 valence electrons. The summed E-state index contributed by atoms with van der Waals surface area (Å²) in [6, 6.07) is 4.09. The van der Waals surface area contributed by atoms with E-state index < -0.39 is 0 Å². The maximum atomic E-state index is 12.0. The highest BCUT2D eigenvalue weighted by Crippen LogP contribution is 2.16. The van der Waals surface area contributed by atoms with Crippen LogP contribution in [0.3, 0.4) is 0 Å².